The van der Waals surface area contributed by atoms with Crippen LogP contribution in [0.5, 0.6) is 5.75 Å². The van der Waals surface area contributed by atoms with Crippen LogP contribution in [-0.2, 0) is 17.9 Å². The number of nitrogens with zero attached hydrogens (tertiary/aromatic N) is 4. The Labute approximate surface area is 184 Å². The van der Waals surface area contributed by atoms with Gasteiger partial charge in [-0.05, 0) is 45.2 Å². The minimum atomic E-state index is -0.786. The van der Waals surface area contributed by atoms with Gasteiger partial charge in [0, 0.05) is 37.6 Å². The maximum absolute atomic E-state index is 13.4. The average Bonchev–Trinajstić information content (AvgIpc) is 3.18. The molecule has 1 N–H and O–H groups in total. The Morgan fingerprint density at radius 3 is 2.71 bits per heavy atom. The number of aliphatic hydroxyl groups is 1. The Morgan fingerprint density at radius 2 is 2.00 bits per heavy atom. The normalized spacial score (nSPS) is 21.8. The van der Waals surface area contributed by atoms with Gasteiger partial charge in [-0.25, -0.2) is 4.98 Å². The molecule has 3 heterocycles. The van der Waals surface area contributed by atoms with E-state index in [1.165, 1.54) is 0 Å². The lowest BCUT2D eigenvalue weighted by Crippen LogP contribution is -2.55. The standard InChI is InChI=1S/C24H34N4O3/c1-19-25-12-16-28(19)18-24(30)10-14-26(15-11-24)23(29)21-8-5-6-13-27(21)17-20-7-3-4-9-22(20)31-2/h3-4,7,9,12,16,21,30H,5-6,8,10-11,13-15,17-18H2,1-2H3/t21-/m0/s1. The lowest BCUT2D eigenvalue weighted by Gasteiger charge is -2.42. The highest BCUT2D eigenvalue weighted by Crippen LogP contribution is 2.29. The van der Waals surface area contributed by atoms with E-state index >= 15 is 0 Å². The molecule has 1 amide bonds. The number of rotatable bonds is 6. The van der Waals surface area contributed by atoms with Gasteiger partial charge >= 0.3 is 0 Å². The zero-order chi connectivity index (χ0) is 21.8. The lowest BCUT2D eigenvalue weighted by atomic mass is 9.90. The highest BCUT2D eigenvalue weighted by Gasteiger charge is 2.38. The van der Waals surface area contributed by atoms with Crippen molar-refractivity contribution in [3.63, 3.8) is 0 Å². The molecule has 7 nitrogen and oxygen atoms in total. The molecule has 31 heavy (non-hydrogen) atoms. The number of piperidine rings is 2. The maximum atomic E-state index is 13.4. The van der Waals surface area contributed by atoms with E-state index in [0.29, 0.717) is 32.5 Å². The molecule has 2 saturated heterocycles. The quantitative estimate of drug-likeness (QED) is 0.769. The second-order valence-electron chi connectivity index (χ2n) is 8.95. The van der Waals surface area contributed by atoms with E-state index in [0.717, 1.165) is 49.5 Å². The van der Waals surface area contributed by atoms with Crippen molar-refractivity contribution in [2.75, 3.05) is 26.7 Å². The van der Waals surface area contributed by atoms with E-state index in [1.54, 1.807) is 13.3 Å². The van der Waals surface area contributed by atoms with Crippen LogP contribution in [0.2, 0.25) is 0 Å². The van der Waals surface area contributed by atoms with Gasteiger partial charge < -0.3 is 19.3 Å². The summed E-state index contributed by atoms with van der Waals surface area (Å²) in [5.41, 5.74) is 0.333. The lowest BCUT2D eigenvalue weighted by molar-refractivity contribution is -0.143. The first kappa shape index (κ1) is 21.8. The highest BCUT2D eigenvalue weighted by molar-refractivity contribution is 5.82. The van der Waals surface area contributed by atoms with Gasteiger partial charge in [-0.15, -0.1) is 0 Å². The number of hydrogen-bond acceptors (Lipinski definition) is 5. The Balaban J connectivity index is 1.39. The Bertz CT molecular complexity index is 888. The first-order valence-corrected chi connectivity index (χ1v) is 11.3. The maximum Gasteiger partial charge on any atom is 0.239 e. The molecule has 0 bridgehead atoms. The summed E-state index contributed by atoms with van der Waals surface area (Å²) in [6, 6.07) is 7.95. The number of methoxy groups -OCH3 is 1. The molecular weight excluding hydrogens is 392 g/mol. The molecule has 2 aliphatic heterocycles. The van der Waals surface area contributed by atoms with Crippen LogP contribution in [0.3, 0.4) is 0 Å². The molecule has 168 valence electrons. The number of carbonyl (C=O) groups is 1. The van der Waals surface area contributed by atoms with Crippen molar-refractivity contribution in [1.82, 2.24) is 19.4 Å². The van der Waals surface area contributed by atoms with Crippen molar-refractivity contribution in [1.29, 1.82) is 0 Å². The van der Waals surface area contributed by atoms with E-state index in [2.05, 4.69) is 16.0 Å². The summed E-state index contributed by atoms with van der Waals surface area (Å²) in [5.74, 6) is 1.98. The molecular formula is C24H34N4O3. The predicted octanol–water partition coefficient (Wildman–Crippen LogP) is 2.61. The Kier molecular flexibility index (Phi) is 6.62. The number of hydrogen-bond donors (Lipinski definition) is 1. The molecule has 1 aromatic carbocycles. The number of amides is 1. The fourth-order valence-electron chi connectivity index (χ4n) is 4.91. The molecule has 4 rings (SSSR count). The monoisotopic (exact) mass is 426 g/mol. The first-order chi connectivity index (χ1) is 15.0. The van der Waals surface area contributed by atoms with E-state index in [-0.39, 0.29) is 11.9 Å². The van der Waals surface area contributed by atoms with Crippen molar-refractivity contribution in [2.45, 2.75) is 63.8 Å². The predicted molar refractivity (Wildman–Crippen MR) is 119 cm³/mol. The third-order valence-corrected chi connectivity index (χ3v) is 6.86. The molecule has 2 aromatic rings. The molecule has 0 radical (unpaired) electrons. The second kappa shape index (κ2) is 9.40. The number of benzene rings is 1. The minimum Gasteiger partial charge on any atom is -0.496 e. The molecule has 7 heteroatoms. The van der Waals surface area contributed by atoms with Crippen LogP contribution in [0.1, 0.15) is 43.5 Å². The number of imidazole rings is 1. The summed E-state index contributed by atoms with van der Waals surface area (Å²) in [6.45, 7) is 5.32. The van der Waals surface area contributed by atoms with Crippen LogP contribution in [-0.4, -0.2) is 68.8 Å². The van der Waals surface area contributed by atoms with Gasteiger partial charge in [0.15, 0.2) is 0 Å². The van der Waals surface area contributed by atoms with E-state index in [1.807, 2.05) is 40.8 Å². The molecule has 0 unspecified atom stereocenters. The van der Waals surface area contributed by atoms with Crippen molar-refractivity contribution in [2.24, 2.45) is 0 Å². The fraction of sp³-hybridized carbons (Fsp3) is 0.583. The van der Waals surface area contributed by atoms with Gasteiger partial charge in [0.05, 0.1) is 25.3 Å². The molecule has 0 saturated carbocycles. The zero-order valence-corrected chi connectivity index (χ0v) is 18.7. The number of aryl methyl sites for hydroxylation is 1. The Morgan fingerprint density at radius 1 is 1.23 bits per heavy atom. The zero-order valence-electron chi connectivity index (χ0n) is 18.7. The number of para-hydroxylation sites is 1. The third-order valence-electron chi connectivity index (χ3n) is 6.86. The van der Waals surface area contributed by atoms with Crippen LogP contribution in [0.25, 0.3) is 0 Å². The summed E-state index contributed by atoms with van der Waals surface area (Å²) in [6.07, 6.45) is 7.94. The van der Waals surface area contributed by atoms with Crippen molar-refractivity contribution in [3.05, 3.63) is 48.0 Å². The van der Waals surface area contributed by atoms with E-state index in [9.17, 15) is 9.90 Å². The van der Waals surface area contributed by atoms with Crippen LogP contribution in [0, 0.1) is 6.92 Å². The van der Waals surface area contributed by atoms with Gasteiger partial charge in [0.2, 0.25) is 5.91 Å². The van der Waals surface area contributed by atoms with Crippen LogP contribution < -0.4 is 4.74 Å². The number of likely N-dealkylation sites (tertiary alicyclic amines) is 2. The molecule has 2 aliphatic rings. The van der Waals surface area contributed by atoms with Gasteiger partial charge in [-0.1, -0.05) is 24.6 Å². The van der Waals surface area contributed by atoms with Crippen molar-refractivity contribution in [3.8, 4) is 5.75 Å². The van der Waals surface area contributed by atoms with Crippen LogP contribution in [0.4, 0.5) is 0 Å². The minimum absolute atomic E-state index is 0.0965. The van der Waals surface area contributed by atoms with Gasteiger partial charge in [-0.3, -0.25) is 9.69 Å². The number of carbonyl (C=O) groups excluding carboxylic acids is 1. The number of aromatic nitrogens is 2. The highest BCUT2D eigenvalue weighted by atomic mass is 16.5. The molecule has 1 atom stereocenters. The topological polar surface area (TPSA) is 70.8 Å². The van der Waals surface area contributed by atoms with Crippen LogP contribution in [0.15, 0.2) is 36.7 Å². The number of ether oxygens (including phenoxy) is 1. The molecule has 1 aromatic heterocycles. The summed E-state index contributed by atoms with van der Waals surface area (Å²) in [4.78, 5) is 22.0. The summed E-state index contributed by atoms with van der Waals surface area (Å²) in [5, 5.41) is 11.1. The summed E-state index contributed by atoms with van der Waals surface area (Å²) in [7, 11) is 1.69. The van der Waals surface area contributed by atoms with E-state index in [4.69, 9.17) is 4.74 Å². The molecule has 2 fully saturated rings. The third kappa shape index (κ3) is 4.93. The molecule has 0 aliphatic carbocycles. The summed E-state index contributed by atoms with van der Waals surface area (Å²) < 4.78 is 7.51. The van der Waals surface area contributed by atoms with Crippen molar-refractivity contribution < 1.29 is 14.6 Å². The average molecular weight is 427 g/mol. The van der Waals surface area contributed by atoms with E-state index < -0.39 is 5.60 Å². The molecule has 0 spiro atoms. The fourth-order valence-corrected chi connectivity index (χ4v) is 4.91. The van der Waals surface area contributed by atoms with Gasteiger partial charge in [0.1, 0.15) is 11.6 Å². The smallest absolute Gasteiger partial charge is 0.239 e. The SMILES string of the molecule is COc1ccccc1CN1CCCC[C@H]1C(=O)N1CCC(O)(Cn2ccnc2C)CC1. The summed E-state index contributed by atoms with van der Waals surface area (Å²) >= 11 is 0. The van der Waals surface area contributed by atoms with Crippen LogP contribution >= 0.6 is 0 Å². The Hall–Kier alpha value is -2.38. The second-order valence-corrected chi connectivity index (χ2v) is 8.95. The van der Waals surface area contributed by atoms with Gasteiger partial charge in [0.25, 0.3) is 0 Å². The van der Waals surface area contributed by atoms with Gasteiger partial charge in [-0.2, -0.15) is 0 Å². The van der Waals surface area contributed by atoms with Crippen molar-refractivity contribution >= 4 is 5.91 Å². The largest absolute Gasteiger partial charge is 0.496 e. The first-order valence-electron chi connectivity index (χ1n) is 11.3.